The van der Waals surface area contributed by atoms with Crippen LogP contribution in [-0.2, 0) is 9.53 Å². The summed E-state index contributed by atoms with van der Waals surface area (Å²) < 4.78 is 5.93. The Morgan fingerprint density at radius 3 is 2.55 bits per heavy atom. The Hall–Kier alpha value is -3.11. The van der Waals surface area contributed by atoms with Gasteiger partial charge in [-0.1, -0.05) is 11.6 Å². The van der Waals surface area contributed by atoms with E-state index in [2.05, 4.69) is 10.4 Å². The van der Waals surface area contributed by atoms with E-state index in [1.165, 1.54) is 21.2 Å². The Balaban J connectivity index is 1.36. The number of anilines is 2. The van der Waals surface area contributed by atoms with Crippen LogP contribution in [0.25, 0.3) is 0 Å². The average Bonchev–Trinajstić information content (AvgIpc) is 3.37. The molecule has 1 aromatic heterocycles. The molecule has 11 heteroatoms. The summed E-state index contributed by atoms with van der Waals surface area (Å²) in [6.45, 7) is 3.53. The number of ether oxygens (including phenoxy) is 1. The van der Waals surface area contributed by atoms with Gasteiger partial charge in [0.15, 0.2) is 0 Å². The lowest BCUT2D eigenvalue weighted by Gasteiger charge is -2.31. The molecule has 0 spiro atoms. The van der Waals surface area contributed by atoms with Crippen molar-refractivity contribution in [1.82, 2.24) is 10.3 Å². The first-order chi connectivity index (χ1) is 14.9. The molecule has 0 saturated carbocycles. The minimum Gasteiger partial charge on any atom is -0.442 e. The van der Waals surface area contributed by atoms with Gasteiger partial charge >= 0.3 is 6.09 Å². The van der Waals surface area contributed by atoms with E-state index in [4.69, 9.17) is 16.3 Å². The van der Waals surface area contributed by atoms with Crippen LogP contribution in [0.4, 0.5) is 16.2 Å². The number of nitrogens with zero attached hydrogens (tertiary/aromatic N) is 4. The van der Waals surface area contributed by atoms with E-state index in [-0.39, 0.29) is 12.5 Å². The summed E-state index contributed by atoms with van der Waals surface area (Å²) in [5.74, 6) is 0.469. The predicted octanol–water partition coefficient (Wildman–Crippen LogP) is 2.77. The van der Waals surface area contributed by atoms with Gasteiger partial charge in [0.1, 0.15) is 11.9 Å². The van der Waals surface area contributed by atoms with Crippen LogP contribution in [0, 0.1) is 0 Å². The van der Waals surface area contributed by atoms with Gasteiger partial charge in [0.2, 0.25) is 6.41 Å². The summed E-state index contributed by atoms with van der Waals surface area (Å²) in [7, 11) is 0. The lowest BCUT2D eigenvalue weighted by molar-refractivity contribution is -0.118. The van der Waals surface area contributed by atoms with Gasteiger partial charge in [0.25, 0.3) is 5.91 Å². The van der Waals surface area contributed by atoms with Crippen LogP contribution >= 0.6 is 22.9 Å². The molecule has 162 valence electrons. The zero-order valence-corrected chi connectivity index (χ0v) is 18.2. The van der Waals surface area contributed by atoms with Crippen molar-refractivity contribution in [2.75, 3.05) is 36.0 Å². The second-order valence-corrected chi connectivity index (χ2v) is 8.73. The second kappa shape index (κ2) is 8.94. The van der Waals surface area contributed by atoms with Gasteiger partial charge in [-0.15, -0.1) is 11.3 Å². The highest BCUT2D eigenvalue weighted by Crippen LogP contribution is 2.26. The molecular formula is C20H20ClN5O4S. The molecule has 1 fully saturated rings. The van der Waals surface area contributed by atoms with Crippen molar-refractivity contribution in [2.24, 2.45) is 5.10 Å². The monoisotopic (exact) mass is 461 g/mol. The third-order valence-corrected chi connectivity index (χ3v) is 6.20. The van der Waals surface area contributed by atoms with Crippen LogP contribution in [0.15, 0.2) is 41.5 Å². The summed E-state index contributed by atoms with van der Waals surface area (Å²) in [6, 6.07) is 10.8. The molecule has 1 aromatic carbocycles. The summed E-state index contributed by atoms with van der Waals surface area (Å²) in [5, 5.41) is 8.36. The van der Waals surface area contributed by atoms with Gasteiger partial charge in [-0.05, 0) is 43.3 Å². The molecule has 3 amide bonds. The van der Waals surface area contributed by atoms with Gasteiger partial charge in [-0.3, -0.25) is 14.5 Å². The van der Waals surface area contributed by atoms with E-state index in [0.717, 1.165) is 11.5 Å². The molecule has 1 saturated heterocycles. The van der Waals surface area contributed by atoms with Gasteiger partial charge < -0.3 is 15.0 Å². The SMILES string of the molecule is CC1=NN(C=O)CCN1c1ccc(N2CC(CNC(=O)c3ccc(Cl)s3)OC2=O)cc1. The predicted molar refractivity (Wildman–Crippen MR) is 119 cm³/mol. The van der Waals surface area contributed by atoms with E-state index in [9.17, 15) is 14.4 Å². The van der Waals surface area contributed by atoms with Crippen molar-refractivity contribution >= 4 is 58.6 Å². The smallest absolute Gasteiger partial charge is 0.414 e. The van der Waals surface area contributed by atoms with Crippen LogP contribution in [0.5, 0.6) is 0 Å². The number of halogens is 1. The molecule has 4 rings (SSSR count). The van der Waals surface area contributed by atoms with Crippen LogP contribution in [-0.4, -0.2) is 61.5 Å². The zero-order valence-electron chi connectivity index (χ0n) is 16.7. The van der Waals surface area contributed by atoms with Crippen LogP contribution < -0.4 is 15.1 Å². The quantitative estimate of drug-likeness (QED) is 0.667. The molecule has 31 heavy (non-hydrogen) atoms. The largest absolute Gasteiger partial charge is 0.442 e. The molecule has 9 nitrogen and oxygen atoms in total. The maximum absolute atomic E-state index is 12.3. The maximum atomic E-state index is 12.3. The lowest BCUT2D eigenvalue weighted by Crippen LogP contribution is -2.42. The molecule has 0 bridgehead atoms. The normalized spacial score (nSPS) is 18.6. The molecule has 1 atom stereocenters. The molecule has 1 N–H and O–H groups in total. The summed E-state index contributed by atoms with van der Waals surface area (Å²) >= 11 is 7.05. The molecule has 0 radical (unpaired) electrons. The van der Waals surface area contributed by atoms with Crippen molar-refractivity contribution in [3.63, 3.8) is 0 Å². The van der Waals surface area contributed by atoms with Crippen molar-refractivity contribution in [3.8, 4) is 0 Å². The fourth-order valence-electron chi connectivity index (χ4n) is 3.43. The number of amides is 3. The van der Waals surface area contributed by atoms with E-state index < -0.39 is 12.2 Å². The number of nitrogens with one attached hydrogen (secondary N) is 1. The minimum atomic E-state index is -0.455. The number of carbonyl (C=O) groups is 3. The molecular weight excluding hydrogens is 442 g/mol. The van der Waals surface area contributed by atoms with E-state index >= 15 is 0 Å². The fourth-order valence-corrected chi connectivity index (χ4v) is 4.39. The molecule has 2 aliphatic heterocycles. The van der Waals surface area contributed by atoms with Gasteiger partial charge in [0.05, 0.1) is 28.8 Å². The number of hydrogen-bond acceptors (Lipinski definition) is 7. The fraction of sp³-hybridized carbons (Fsp3) is 0.300. The summed E-state index contributed by atoms with van der Waals surface area (Å²) in [4.78, 5) is 39.4. The number of hydrazone groups is 1. The topological polar surface area (TPSA) is 94.6 Å². The first-order valence-corrected chi connectivity index (χ1v) is 10.8. The number of benzene rings is 1. The highest BCUT2D eigenvalue weighted by Gasteiger charge is 2.32. The number of rotatable bonds is 6. The van der Waals surface area contributed by atoms with Crippen molar-refractivity contribution in [2.45, 2.75) is 13.0 Å². The number of amidine groups is 1. The van der Waals surface area contributed by atoms with Crippen LogP contribution in [0.3, 0.4) is 0 Å². The lowest BCUT2D eigenvalue weighted by atomic mass is 10.2. The number of carbonyl (C=O) groups excluding carboxylic acids is 3. The Bertz CT molecular complexity index is 1020. The zero-order chi connectivity index (χ0) is 22.0. The first-order valence-electron chi connectivity index (χ1n) is 9.61. The maximum Gasteiger partial charge on any atom is 0.414 e. The van der Waals surface area contributed by atoms with Crippen molar-refractivity contribution < 1.29 is 19.1 Å². The molecule has 2 aromatic rings. The molecule has 0 aliphatic carbocycles. The number of cyclic esters (lactones) is 1. The van der Waals surface area contributed by atoms with E-state index in [1.54, 1.807) is 12.1 Å². The number of thiophene rings is 1. The molecule has 2 aliphatic rings. The Labute approximate surface area is 187 Å². The third kappa shape index (κ3) is 4.64. The van der Waals surface area contributed by atoms with Crippen LogP contribution in [0.1, 0.15) is 16.6 Å². The van der Waals surface area contributed by atoms with Gasteiger partial charge in [-0.2, -0.15) is 5.10 Å². The Morgan fingerprint density at radius 1 is 1.23 bits per heavy atom. The van der Waals surface area contributed by atoms with Crippen molar-refractivity contribution in [3.05, 3.63) is 45.6 Å². The third-order valence-electron chi connectivity index (χ3n) is 4.97. The van der Waals surface area contributed by atoms with E-state index in [1.807, 2.05) is 36.1 Å². The average molecular weight is 462 g/mol. The number of hydrogen-bond donors (Lipinski definition) is 1. The van der Waals surface area contributed by atoms with Crippen LogP contribution in [0.2, 0.25) is 4.34 Å². The highest BCUT2D eigenvalue weighted by atomic mass is 35.5. The Kier molecular flexibility index (Phi) is 6.10. The summed E-state index contributed by atoms with van der Waals surface area (Å²) in [6.07, 6.45) is -0.196. The second-order valence-electron chi connectivity index (χ2n) is 7.01. The standard InChI is InChI=1S/C20H20ClN5O4S/c1-13-23-24(12-27)8-9-25(13)14-2-4-15(5-3-14)26-11-16(30-20(26)29)10-22-19(28)17-6-7-18(21)31-17/h2-7,12,16H,8-11H2,1H3,(H,22,28). The van der Waals surface area contributed by atoms with Gasteiger partial charge in [-0.25, -0.2) is 9.80 Å². The first kappa shape index (κ1) is 21.1. The molecule has 1 unspecified atom stereocenters. The molecule has 3 heterocycles. The van der Waals surface area contributed by atoms with E-state index in [0.29, 0.717) is 40.9 Å². The van der Waals surface area contributed by atoms with Gasteiger partial charge in [0, 0.05) is 17.9 Å². The highest BCUT2D eigenvalue weighted by molar-refractivity contribution is 7.18. The Morgan fingerprint density at radius 2 is 1.94 bits per heavy atom. The van der Waals surface area contributed by atoms with Crippen molar-refractivity contribution in [1.29, 1.82) is 0 Å². The summed E-state index contributed by atoms with van der Waals surface area (Å²) in [5.41, 5.74) is 1.62. The minimum absolute atomic E-state index is 0.214.